The van der Waals surface area contributed by atoms with E-state index < -0.39 is 0 Å². The lowest BCUT2D eigenvalue weighted by Gasteiger charge is -2.03. The molecule has 0 radical (unpaired) electrons. The molecule has 24 heavy (non-hydrogen) atoms. The van der Waals surface area contributed by atoms with Crippen LogP contribution in [0.2, 0.25) is 5.02 Å². The number of nitrogens with one attached hydrogen (secondary N) is 1. The second-order valence-electron chi connectivity index (χ2n) is 4.71. The van der Waals surface area contributed by atoms with Crippen molar-refractivity contribution in [3.63, 3.8) is 0 Å². The lowest BCUT2D eigenvalue weighted by molar-refractivity contribution is -0.118. The number of thioether (sulfide) groups is 1. The minimum Gasteiger partial charge on any atom is -0.490 e. The maximum atomic E-state index is 11.8. The highest BCUT2D eigenvalue weighted by Crippen LogP contribution is 2.19. The number of ether oxygens (including phenoxy) is 1. The number of nitrogens with zero attached hydrogens (tertiary/aromatic N) is 1. The summed E-state index contributed by atoms with van der Waals surface area (Å²) in [5, 5.41) is 4.63. The minimum absolute atomic E-state index is 0.176. The first-order valence-electron chi connectivity index (χ1n) is 7.21. The number of hydrazone groups is 1. The maximum absolute atomic E-state index is 11.8. The molecule has 2 aromatic carbocycles. The zero-order valence-corrected chi connectivity index (χ0v) is 14.5. The van der Waals surface area contributed by atoms with E-state index in [1.165, 1.54) is 11.8 Å². The van der Waals surface area contributed by atoms with Gasteiger partial charge in [-0.05, 0) is 42.0 Å². The van der Waals surface area contributed by atoms with Crippen LogP contribution in [0.3, 0.4) is 0 Å². The molecule has 0 fully saturated rings. The lowest BCUT2D eigenvalue weighted by atomic mass is 10.2. The Balaban J connectivity index is 1.79. The number of benzene rings is 2. The largest absolute Gasteiger partial charge is 0.490 e. The fourth-order valence-corrected chi connectivity index (χ4v) is 2.55. The Morgan fingerprint density at radius 2 is 2.08 bits per heavy atom. The fourth-order valence-electron chi connectivity index (χ4n) is 1.73. The van der Waals surface area contributed by atoms with Crippen molar-refractivity contribution < 1.29 is 9.53 Å². The summed E-state index contributed by atoms with van der Waals surface area (Å²) in [6.07, 6.45) is 3.25. The van der Waals surface area contributed by atoms with Gasteiger partial charge in [-0.15, -0.1) is 11.8 Å². The summed E-state index contributed by atoms with van der Waals surface area (Å²) in [6, 6.07) is 14.7. The van der Waals surface area contributed by atoms with E-state index in [4.69, 9.17) is 16.3 Å². The second kappa shape index (κ2) is 9.80. The van der Waals surface area contributed by atoms with E-state index >= 15 is 0 Å². The van der Waals surface area contributed by atoms with E-state index in [0.29, 0.717) is 11.6 Å². The summed E-state index contributed by atoms with van der Waals surface area (Å²) in [6.45, 7) is 4.05. The predicted molar refractivity (Wildman–Crippen MR) is 100 cm³/mol. The van der Waals surface area contributed by atoms with Crippen LogP contribution in [0.15, 0.2) is 71.2 Å². The van der Waals surface area contributed by atoms with Gasteiger partial charge in [-0.2, -0.15) is 5.10 Å². The Bertz CT molecular complexity index is 717. The van der Waals surface area contributed by atoms with E-state index in [-0.39, 0.29) is 11.7 Å². The molecule has 2 rings (SSSR count). The Hall–Kier alpha value is -2.24. The van der Waals surface area contributed by atoms with E-state index in [2.05, 4.69) is 17.1 Å². The van der Waals surface area contributed by atoms with Gasteiger partial charge in [0.05, 0.1) is 12.0 Å². The quantitative estimate of drug-likeness (QED) is 0.333. The van der Waals surface area contributed by atoms with E-state index in [1.807, 2.05) is 36.4 Å². The van der Waals surface area contributed by atoms with Crippen molar-refractivity contribution in [3.05, 3.63) is 71.8 Å². The molecule has 0 aliphatic carbocycles. The molecule has 0 saturated heterocycles. The van der Waals surface area contributed by atoms with Crippen molar-refractivity contribution >= 4 is 35.5 Å². The molecule has 1 amide bonds. The van der Waals surface area contributed by atoms with Crippen molar-refractivity contribution in [2.75, 3.05) is 12.4 Å². The average molecular weight is 361 g/mol. The SMILES string of the molecule is C=CCOc1cccc(/C=N/NC(=O)CSc2ccc(Cl)cc2)c1. The number of carbonyl (C=O) groups excluding carboxylic acids is 1. The predicted octanol–water partition coefficient (Wildman–Crippen LogP) is 4.15. The summed E-state index contributed by atoms with van der Waals surface area (Å²) in [7, 11) is 0. The van der Waals surface area contributed by atoms with Crippen molar-refractivity contribution in [2.45, 2.75) is 4.90 Å². The highest BCUT2D eigenvalue weighted by Gasteiger charge is 2.01. The van der Waals surface area contributed by atoms with Crippen molar-refractivity contribution in [1.82, 2.24) is 5.43 Å². The van der Waals surface area contributed by atoms with E-state index in [0.717, 1.165) is 16.2 Å². The smallest absolute Gasteiger partial charge is 0.250 e. The number of halogens is 1. The molecule has 0 aliphatic rings. The van der Waals surface area contributed by atoms with Crippen LogP contribution in [-0.2, 0) is 4.79 Å². The standard InChI is InChI=1S/C18H17ClN2O2S/c1-2-10-23-16-5-3-4-14(11-16)12-20-21-18(22)13-24-17-8-6-15(19)7-9-17/h2-9,11-12H,1,10,13H2,(H,21,22)/b20-12+. The molecule has 0 spiro atoms. The highest BCUT2D eigenvalue weighted by atomic mass is 35.5. The Morgan fingerprint density at radius 1 is 1.29 bits per heavy atom. The van der Waals surface area contributed by atoms with Gasteiger partial charge >= 0.3 is 0 Å². The van der Waals surface area contributed by atoms with Crippen LogP contribution in [-0.4, -0.2) is 24.5 Å². The molecule has 0 atom stereocenters. The Morgan fingerprint density at radius 3 is 2.83 bits per heavy atom. The Labute approximate surface area is 150 Å². The molecule has 0 unspecified atom stereocenters. The van der Waals surface area contributed by atoms with Gasteiger partial charge in [0.15, 0.2) is 0 Å². The second-order valence-corrected chi connectivity index (χ2v) is 6.19. The van der Waals surface area contributed by atoms with Crippen molar-refractivity contribution in [1.29, 1.82) is 0 Å². The third-order valence-electron chi connectivity index (χ3n) is 2.81. The van der Waals surface area contributed by atoms with Crippen LogP contribution in [0.1, 0.15) is 5.56 Å². The molecule has 0 aromatic heterocycles. The molecule has 0 bridgehead atoms. The summed E-state index contributed by atoms with van der Waals surface area (Å²) in [5.74, 6) is 0.829. The molecule has 4 nitrogen and oxygen atoms in total. The molecule has 2 aromatic rings. The summed E-state index contributed by atoms with van der Waals surface area (Å²) >= 11 is 7.24. The molecular weight excluding hydrogens is 344 g/mol. The van der Waals surface area contributed by atoms with Crippen molar-refractivity contribution in [3.8, 4) is 5.75 Å². The third kappa shape index (κ3) is 6.48. The van der Waals surface area contributed by atoms with E-state index in [9.17, 15) is 4.79 Å². The molecular formula is C18H17ClN2O2S. The number of hydrogen-bond donors (Lipinski definition) is 1. The summed E-state index contributed by atoms with van der Waals surface area (Å²) in [5.41, 5.74) is 3.34. The third-order valence-corrected chi connectivity index (χ3v) is 4.08. The van der Waals surface area contributed by atoms with Crippen LogP contribution in [0.5, 0.6) is 5.75 Å². The zero-order chi connectivity index (χ0) is 17.2. The molecule has 124 valence electrons. The molecule has 0 heterocycles. The van der Waals surface area contributed by atoms with Gasteiger partial charge in [0.25, 0.3) is 0 Å². The lowest BCUT2D eigenvalue weighted by Crippen LogP contribution is -2.19. The van der Waals surface area contributed by atoms with Crippen LogP contribution >= 0.6 is 23.4 Å². The zero-order valence-electron chi connectivity index (χ0n) is 12.9. The van der Waals surface area contributed by atoms with Crippen LogP contribution < -0.4 is 10.2 Å². The fraction of sp³-hybridized carbons (Fsp3) is 0.111. The molecule has 6 heteroatoms. The first-order valence-corrected chi connectivity index (χ1v) is 8.58. The number of amides is 1. The van der Waals surface area contributed by atoms with Gasteiger partial charge in [0, 0.05) is 9.92 Å². The van der Waals surface area contributed by atoms with E-state index in [1.54, 1.807) is 24.4 Å². The molecule has 1 N–H and O–H groups in total. The van der Waals surface area contributed by atoms with Gasteiger partial charge in [0.2, 0.25) is 5.91 Å². The van der Waals surface area contributed by atoms with Crippen molar-refractivity contribution in [2.24, 2.45) is 5.10 Å². The van der Waals surface area contributed by atoms with Gasteiger partial charge < -0.3 is 4.74 Å². The monoisotopic (exact) mass is 360 g/mol. The number of hydrogen-bond acceptors (Lipinski definition) is 4. The normalized spacial score (nSPS) is 10.5. The first-order chi connectivity index (χ1) is 11.7. The average Bonchev–Trinajstić information content (AvgIpc) is 2.60. The summed E-state index contributed by atoms with van der Waals surface area (Å²) < 4.78 is 5.44. The number of rotatable bonds is 8. The highest BCUT2D eigenvalue weighted by molar-refractivity contribution is 8.00. The number of carbonyl (C=O) groups is 1. The molecule has 0 aliphatic heterocycles. The van der Waals surface area contributed by atoms with Gasteiger partial charge in [0.1, 0.15) is 12.4 Å². The van der Waals surface area contributed by atoms with Crippen LogP contribution in [0.4, 0.5) is 0 Å². The van der Waals surface area contributed by atoms with Crippen LogP contribution in [0, 0.1) is 0 Å². The minimum atomic E-state index is -0.176. The first kappa shape index (κ1) is 18.1. The maximum Gasteiger partial charge on any atom is 0.250 e. The molecule has 0 saturated carbocycles. The van der Waals surface area contributed by atoms with Gasteiger partial charge in [-0.1, -0.05) is 36.4 Å². The Kier molecular flexibility index (Phi) is 7.39. The summed E-state index contributed by atoms with van der Waals surface area (Å²) in [4.78, 5) is 12.8. The van der Waals surface area contributed by atoms with Gasteiger partial charge in [-0.25, -0.2) is 5.43 Å². The van der Waals surface area contributed by atoms with Gasteiger partial charge in [-0.3, -0.25) is 4.79 Å². The van der Waals surface area contributed by atoms with Crippen LogP contribution in [0.25, 0.3) is 0 Å². The topological polar surface area (TPSA) is 50.7 Å².